The zero-order valence-corrected chi connectivity index (χ0v) is 8.59. The lowest BCUT2D eigenvalue weighted by Gasteiger charge is -2.11. The predicted molar refractivity (Wildman–Crippen MR) is 60.1 cm³/mol. The standard InChI is InChI=1S/C12H13N3/c1-9(13)11-4-2-3-5-12(11)10-6-14-8-15-7-10/h2-9H,13H2,1H3/t9-/m1/s1. The topological polar surface area (TPSA) is 51.8 Å². The first kappa shape index (κ1) is 9.80. The van der Waals surface area contributed by atoms with E-state index in [0.29, 0.717) is 0 Å². The van der Waals surface area contributed by atoms with Crippen LogP contribution in [0.15, 0.2) is 43.0 Å². The van der Waals surface area contributed by atoms with Gasteiger partial charge >= 0.3 is 0 Å². The zero-order chi connectivity index (χ0) is 10.7. The SMILES string of the molecule is C[C@@H](N)c1ccccc1-c1cncnc1. The van der Waals surface area contributed by atoms with Gasteiger partial charge in [-0.2, -0.15) is 0 Å². The summed E-state index contributed by atoms with van der Waals surface area (Å²) >= 11 is 0. The van der Waals surface area contributed by atoms with E-state index < -0.39 is 0 Å². The van der Waals surface area contributed by atoms with Crippen molar-refractivity contribution in [2.24, 2.45) is 5.73 Å². The molecule has 1 heterocycles. The monoisotopic (exact) mass is 199 g/mol. The Balaban J connectivity index is 2.53. The van der Waals surface area contributed by atoms with Crippen LogP contribution in [0, 0.1) is 0 Å². The average Bonchev–Trinajstić information content (AvgIpc) is 2.30. The molecule has 2 N–H and O–H groups in total. The Hall–Kier alpha value is -1.74. The van der Waals surface area contributed by atoms with E-state index >= 15 is 0 Å². The van der Waals surface area contributed by atoms with Gasteiger partial charge in [-0.3, -0.25) is 0 Å². The van der Waals surface area contributed by atoms with Crippen LogP contribution in [0.5, 0.6) is 0 Å². The number of rotatable bonds is 2. The molecular formula is C12H13N3. The normalized spacial score (nSPS) is 12.4. The highest BCUT2D eigenvalue weighted by Crippen LogP contribution is 2.25. The second-order valence-corrected chi connectivity index (χ2v) is 3.50. The summed E-state index contributed by atoms with van der Waals surface area (Å²) in [6.07, 6.45) is 5.13. The summed E-state index contributed by atoms with van der Waals surface area (Å²) in [6, 6.07) is 8.08. The van der Waals surface area contributed by atoms with Crippen molar-refractivity contribution in [3.05, 3.63) is 48.5 Å². The highest BCUT2D eigenvalue weighted by Gasteiger charge is 2.07. The first-order valence-corrected chi connectivity index (χ1v) is 4.89. The maximum absolute atomic E-state index is 5.91. The van der Waals surface area contributed by atoms with Crippen molar-refractivity contribution in [3.8, 4) is 11.1 Å². The highest BCUT2D eigenvalue weighted by atomic mass is 14.8. The van der Waals surface area contributed by atoms with Crippen LogP contribution in [0.25, 0.3) is 11.1 Å². The molecule has 0 amide bonds. The molecule has 0 saturated heterocycles. The molecule has 3 heteroatoms. The van der Waals surface area contributed by atoms with Crippen molar-refractivity contribution < 1.29 is 0 Å². The molecule has 0 saturated carbocycles. The molecule has 0 unspecified atom stereocenters. The van der Waals surface area contributed by atoms with Crippen LogP contribution in [0.2, 0.25) is 0 Å². The summed E-state index contributed by atoms with van der Waals surface area (Å²) in [5.41, 5.74) is 9.14. The van der Waals surface area contributed by atoms with Crippen LogP contribution >= 0.6 is 0 Å². The van der Waals surface area contributed by atoms with Crippen molar-refractivity contribution in [1.29, 1.82) is 0 Å². The van der Waals surface area contributed by atoms with Crippen LogP contribution in [-0.4, -0.2) is 9.97 Å². The van der Waals surface area contributed by atoms with Crippen LogP contribution in [0.4, 0.5) is 0 Å². The number of nitrogens with two attached hydrogens (primary N) is 1. The molecule has 0 aliphatic carbocycles. The van der Waals surface area contributed by atoms with E-state index in [9.17, 15) is 0 Å². The maximum atomic E-state index is 5.91. The molecule has 2 aromatic rings. The third-order valence-electron chi connectivity index (χ3n) is 2.32. The molecule has 3 nitrogen and oxygen atoms in total. The van der Waals surface area contributed by atoms with E-state index in [4.69, 9.17) is 5.73 Å². The van der Waals surface area contributed by atoms with E-state index in [1.165, 1.54) is 6.33 Å². The van der Waals surface area contributed by atoms with Gasteiger partial charge < -0.3 is 5.73 Å². The summed E-state index contributed by atoms with van der Waals surface area (Å²) in [7, 11) is 0. The fourth-order valence-electron chi connectivity index (χ4n) is 1.60. The Bertz CT molecular complexity index is 438. The van der Waals surface area contributed by atoms with Gasteiger partial charge in [0.25, 0.3) is 0 Å². The molecule has 2 rings (SSSR count). The Morgan fingerprint density at radius 1 is 1.13 bits per heavy atom. The number of hydrogen-bond acceptors (Lipinski definition) is 3. The molecule has 0 aliphatic rings. The van der Waals surface area contributed by atoms with E-state index in [0.717, 1.165) is 16.7 Å². The van der Waals surface area contributed by atoms with E-state index in [-0.39, 0.29) is 6.04 Å². The van der Waals surface area contributed by atoms with Crippen LogP contribution < -0.4 is 5.73 Å². The van der Waals surface area contributed by atoms with Crippen LogP contribution in [0.1, 0.15) is 18.5 Å². The van der Waals surface area contributed by atoms with Gasteiger partial charge in [-0.05, 0) is 18.1 Å². The first-order chi connectivity index (χ1) is 7.29. The third kappa shape index (κ3) is 2.02. The van der Waals surface area contributed by atoms with Gasteiger partial charge in [-0.15, -0.1) is 0 Å². The van der Waals surface area contributed by atoms with Gasteiger partial charge in [-0.1, -0.05) is 24.3 Å². The van der Waals surface area contributed by atoms with Gasteiger partial charge in [0.1, 0.15) is 6.33 Å². The van der Waals surface area contributed by atoms with Crippen molar-refractivity contribution >= 4 is 0 Å². The molecule has 76 valence electrons. The molecule has 15 heavy (non-hydrogen) atoms. The van der Waals surface area contributed by atoms with Crippen molar-refractivity contribution in [2.75, 3.05) is 0 Å². The fourth-order valence-corrected chi connectivity index (χ4v) is 1.60. The Morgan fingerprint density at radius 2 is 1.80 bits per heavy atom. The molecule has 1 aromatic carbocycles. The average molecular weight is 199 g/mol. The highest BCUT2D eigenvalue weighted by molar-refractivity contribution is 5.66. The molecule has 0 bridgehead atoms. The summed E-state index contributed by atoms with van der Waals surface area (Å²) in [5, 5.41) is 0. The van der Waals surface area contributed by atoms with Gasteiger partial charge in [0, 0.05) is 24.0 Å². The lowest BCUT2D eigenvalue weighted by atomic mass is 9.98. The van der Waals surface area contributed by atoms with E-state index in [2.05, 4.69) is 9.97 Å². The molecule has 0 spiro atoms. The summed E-state index contributed by atoms with van der Waals surface area (Å²) in [6.45, 7) is 1.97. The maximum Gasteiger partial charge on any atom is 0.115 e. The summed E-state index contributed by atoms with van der Waals surface area (Å²) in [4.78, 5) is 8.02. The van der Waals surface area contributed by atoms with Crippen molar-refractivity contribution in [3.63, 3.8) is 0 Å². The van der Waals surface area contributed by atoms with Crippen LogP contribution in [0.3, 0.4) is 0 Å². The van der Waals surface area contributed by atoms with Crippen LogP contribution in [-0.2, 0) is 0 Å². The van der Waals surface area contributed by atoms with Gasteiger partial charge in [-0.25, -0.2) is 9.97 Å². The van der Waals surface area contributed by atoms with E-state index in [1.807, 2.05) is 31.2 Å². The van der Waals surface area contributed by atoms with Gasteiger partial charge in [0.2, 0.25) is 0 Å². The van der Waals surface area contributed by atoms with Gasteiger partial charge in [0.15, 0.2) is 0 Å². The number of benzene rings is 1. The Morgan fingerprint density at radius 3 is 2.47 bits per heavy atom. The van der Waals surface area contributed by atoms with Crippen molar-refractivity contribution in [2.45, 2.75) is 13.0 Å². The molecule has 0 fully saturated rings. The second kappa shape index (κ2) is 4.19. The van der Waals surface area contributed by atoms with Crippen molar-refractivity contribution in [1.82, 2.24) is 9.97 Å². The molecule has 0 aliphatic heterocycles. The predicted octanol–water partition coefficient (Wildman–Crippen LogP) is 2.16. The smallest absolute Gasteiger partial charge is 0.115 e. The quantitative estimate of drug-likeness (QED) is 0.806. The Labute approximate surface area is 89.0 Å². The summed E-state index contributed by atoms with van der Waals surface area (Å²) < 4.78 is 0. The first-order valence-electron chi connectivity index (χ1n) is 4.89. The van der Waals surface area contributed by atoms with E-state index in [1.54, 1.807) is 12.4 Å². The second-order valence-electron chi connectivity index (χ2n) is 3.50. The number of aromatic nitrogens is 2. The fraction of sp³-hybridized carbons (Fsp3) is 0.167. The largest absolute Gasteiger partial charge is 0.324 e. The zero-order valence-electron chi connectivity index (χ0n) is 8.59. The lowest BCUT2D eigenvalue weighted by molar-refractivity contribution is 0.820. The molecule has 0 radical (unpaired) electrons. The minimum atomic E-state index is 0.0152. The number of hydrogen-bond donors (Lipinski definition) is 1. The Kier molecular flexibility index (Phi) is 2.74. The number of nitrogens with zero attached hydrogens (tertiary/aromatic N) is 2. The molecular weight excluding hydrogens is 186 g/mol. The molecule has 1 atom stereocenters. The minimum Gasteiger partial charge on any atom is -0.324 e. The van der Waals surface area contributed by atoms with Gasteiger partial charge in [0.05, 0.1) is 0 Å². The minimum absolute atomic E-state index is 0.0152. The third-order valence-corrected chi connectivity index (χ3v) is 2.32. The molecule has 1 aromatic heterocycles. The summed E-state index contributed by atoms with van der Waals surface area (Å²) in [5.74, 6) is 0. The lowest BCUT2D eigenvalue weighted by Crippen LogP contribution is -2.06.